The Morgan fingerprint density at radius 2 is 1.92 bits per heavy atom. The molecule has 1 N–H and O–H groups in total. The second-order valence-corrected chi connectivity index (χ2v) is 7.47. The molecule has 1 amide bonds. The van der Waals surface area contributed by atoms with Crippen molar-refractivity contribution in [2.45, 2.75) is 38.6 Å². The zero-order valence-corrected chi connectivity index (χ0v) is 15.7. The molecule has 2 aromatic rings. The maximum Gasteiger partial charge on any atom is 0.244 e. The number of carbonyl (C=O) groups excluding carboxylic acids is 1. The van der Waals surface area contributed by atoms with Gasteiger partial charge in [0.25, 0.3) is 0 Å². The van der Waals surface area contributed by atoms with Crippen LogP contribution >= 0.6 is 0 Å². The van der Waals surface area contributed by atoms with Crippen molar-refractivity contribution in [2.75, 3.05) is 19.6 Å². The van der Waals surface area contributed by atoms with Crippen LogP contribution in [0.25, 0.3) is 11.8 Å². The molecule has 1 aliphatic rings. The van der Waals surface area contributed by atoms with E-state index in [0.29, 0.717) is 6.54 Å². The normalized spacial score (nSPS) is 16.1. The molecule has 1 saturated heterocycles. The molecule has 3 rings (SSSR count). The quantitative estimate of drug-likeness (QED) is 0.812. The number of carbonyl (C=O) groups is 1. The lowest BCUT2D eigenvalue weighted by Gasteiger charge is -2.41. The van der Waals surface area contributed by atoms with Crippen molar-refractivity contribution < 1.29 is 4.79 Å². The van der Waals surface area contributed by atoms with E-state index >= 15 is 0 Å². The van der Waals surface area contributed by atoms with Gasteiger partial charge < -0.3 is 5.32 Å². The zero-order chi connectivity index (χ0) is 18.4. The smallest absolute Gasteiger partial charge is 0.244 e. The van der Waals surface area contributed by atoms with Gasteiger partial charge in [0.15, 0.2) is 0 Å². The van der Waals surface area contributed by atoms with Gasteiger partial charge in [0, 0.05) is 29.9 Å². The summed E-state index contributed by atoms with van der Waals surface area (Å²) in [5.41, 5.74) is 1.89. The molecule has 138 valence electrons. The average molecular weight is 352 g/mol. The first-order chi connectivity index (χ1) is 12.5. The Balaban J connectivity index is 1.52. The predicted octanol–water partition coefficient (Wildman–Crippen LogP) is 3.27. The van der Waals surface area contributed by atoms with Gasteiger partial charge >= 0.3 is 0 Å². The summed E-state index contributed by atoms with van der Waals surface area (Å²) in [7, 11) is 0. The molecule has 0 spiro atoms. The summed E-state index contributed by atoms with van der Waals surface area (Å²) in [6.45, 7) is 7.30. The number of hydrogen-bond donors (Lipinski definition) is 1. The van der Waals surface area contributed by atoms with Crippen molar-refractivity contribution >= 4 is 12.0 Å². The summed E-state index contributed by atoms with van der Waals surface area (Å²) in [5.74, 6) is -0.0671. The van der Waals surface area contributed by atoms with E-state index in [0.717, 1.165) is 24.3 Å². The number of nitrogens with one attached hydrogen (secondary N) is 1. The number of aromatic nitrogens is 2. The van der Waals surface area contributed by atoms with Crippen molar-refractivity contribution in [1.82, 2.24) is 20.0 Å². The van der Waals surface area contributed by atoms with Gasteiger partial charge in [-0.25, -0.2) is 4.68 Å². The predicted molar refractivity (Wildman–Crippen MR) is 105 cm³/mol. The van der Waals surface area contributed by atoms with Crippen LogP contribution in [0.5, 0.6) is 0 Å². The van der Waals surface area contributed by atoms with Crippen LogP contribution in [-0.4, -0.2) is 45.8 Å². The molecule has 26 heavy (non-hydrogen) atoms. The molecule has 5 nitrogen and oxygen atoms in total. The third-order valence-electron chi connectivity index (χ3n) is 4.96. The molecule has 2 heterocycles. The average Bonchev–Trinajstić information content (AvgIpc) is 3.15. The fraction of sp³-hybridized carbons (Fsp3) is 0.429. The maximum atomic E-state index is 12.2. The van der Waals surface area contributed by atoms with Crippen LogP contribution in [0, 0.1) is 0 Å². The monoisotopic (exact) mass is 352 g/mol. The van der Waals surface area contributed by atoms with Crippen LogP contribution in [0.1, 0.15) is 38.7 Å². The van der Waals surface area contributed by atoms with Gasteiger partial charge in [0.1, 0.15) is 0 Å². The van der Waals surface area contributed by atoms with Crippen LogP contribution in [0.4, 0.5) is 0 Å². The van der Waals surface area contributed by atoms with Crippen molar-refractivity contribution in [3.8, 4) is 5.69 Å². The molecule has 1 fully saturated rings. The van der Waals surface area contributed by atoms with E-state index in [9.17, 15) is 4.79 Å². The Hall–Kier alpha value is -2.40. The number of para-hydroxylation sites is 1. The van der Waals surface area contributed by atoms with Crippen molar-refractivity contribution in [1.29, 1.82) is 0 Å². The van der Waals surface area contributed by atoms with Gasteiger partial charge in [-0.1, -0.05) is 24.6 Å². The topological polar surface area (TPSA) is 50.2 Å². The summed E-state index contributed by atoms with van der Waals surface area (Å²) < 4.78 is 1.80. The molecule has 1 aromatic carbocycles. The Morgan fingerprint density at radius 1 is 1.19 bits per heavy atom. The molecule has 0 saturated carbocycles. The molecule has 5 heteroatoms. The van der Waals surface area contributed by atoms with E-state index < -0.39 is 0 Å². The number of rotatable bonds is 6. The number of hydrogen-bond acceptors (Lipinski definition) is 3. The van der Waals surface area contributed by atoms with E-state index in [1.165, 1.54) is 19.3 Å². The van der Waals surface area contributed by atoms with Gasteiger partial charge in [-0.2, -0.15) is 5.10 Å². The molecule has 0 bridgehead atoms. The first kappa shape index (κ1) is 18.4. The molecule has 1 aliphatic heterocycles. The van der Waals surface area contributed by atoms with Gasteiger partial charge in [0.2, 0.25) is 5.91 Å². The first-order valence-electron chi connectivity index (χ1n) is 9.36. The highest BCUT2D eigenvalue weighted by Crippen LogP contribution is 2.19. The van der Waals surface area contributed by atoms with Gasteiger partial charge in [0.05, 0.1) is 11.9 Å². The van der Waals surface area contributed by atoms with Gasteiger partial charge in [-0.3, -0.25) is 9.69 Å². The first-order valence-corrected chi connectivity index (χ1v) is 9.36. The van der Waals surface area contributed by atoms with Gasteiger partial charge in [-0.05, 0) is 58.0 Å². The lowest BCUT2D eigenvalue weighted by Crippen LogP contribution is -2.53. The van der Waals surface area contributed by atoms with Crippen LogP contribution in [0.3, 0.4) is 0 Å². The highest BCUT2D eigenvalue weighted by molar-refractivity contribution is 5.91. The Morgan fingerprint density at radius 3 is 2.65 bits per heavy atom. The second-order valence-electron chi connectivity index (χ2n) is 7.47. The second kappa shape index (κ2) is 8.32. The fourth-order valence-corrected chi connectivity index (χ4v) is 3.29. The minimum absolute atomic E-state index is 0.0118. The lowest BCUT2D eigenvalue weighted by molar-refractivity contribution is -0.117. The lowest BCUT2D eigenvalue weighted by atomic mass is 9.98. The molecule has 0 aliphatic carbocycles. The Kier molecular flexibility index (Phi) is 5.89. The molecular weight excluding hydrogens is 324 g/mol. The summed E-state index contributed by atoms with van der Waals surface area (Å²) in [6.07, 6.45) is 10.9. The fourth-order valence-electron chi connectivity index (χ4n) is 3.29. The van der Waals surface area contributed by atoms with Crippen LogP contribution < -0.4 is 5.32 Å². The highest BCUT2D eigenvalue weighted by atomic mass is 16.1. The minimum Gasteiger partial charge on any atom is -0.351 e. The minimum atomic E-state index is -0.0671. The molecule has 0 unspecified atom stereocenters. The molecule has 1 aromatic heterocycles. The van der Waals surface area contributed by atoms with Crippen LogP contribution in [0.15, 0.2) is 48.8 Å². The Bertz CT molecular complexity index is 742. The third kappa shape index (κ3) is 4.82. The van der Waals surface area contributed by atoms with E-state index in [2.05, 4.69) is 29.2 Å². The number of piperidine rings is 1. The van der Waals surface area contributed by atoms with E-state index in [4.69, 9.17) is 0 Å². The molecular formula is C21H28N4O. The van der Waals surface area contributed by atoms with Gasteiger partial charge in [-0.15, -0.1) is 0 Å². The molecule has 0 radical (unpaired) electrons. The third-order valence-corrected chi connectivity index (χ3v) is 4.96. The summed E-state index contributed by atoms with van der Waals surface area (Å²) in [5, 5.41) is 7.37. The number of amides is 1. The summed E-state index contributed by atoms with van der Waals surface area (Å²) >= 11 is 0. The van der Waals surface area contributed by atoms with Crippen LogP contribution in [-0.2, 0) is 4.79 Å². The SMILES string of the molecule is CC(C)(CNC(=O)/C=C/c1cnn(-c2ccccc2)c1)N1CCCCC1. The Labute approximate surface area is 155 Å². The van der Waals surface area contributed by atoms with Crippen molar-refractivity contribution in [2.24, 2.45) is 0 Å². The number of nitrogens with zero attached hydrogens (tertiary/aromatic N) is 3. The summed E-state index contributed by atoms with van der Waals surface area (Å²) in [6, 6.07) is 9.92. The van der Waals surface area contributed by atoms with Crippen LogP contribution in [0.2, 0.25) is 0 Å². The summed E-state index contributed by atoms with van der Waals surface area (Å²) in [4.78, 5) is 14.7. The zero-order valence-electron chi connectivity index (χ0n) is 15.7. The van der Waals surface area contributed by atoms with Crippen molar-refractivity contribution in [3.63, 3.8) is 0 Å². The highest BCUT2D eigenvalue weighted by Gasteiger charge is 2.27. The standard InChI is InChI=1S/C21H28N4O/c1-21(2,24-13-7-4-8-14-24)17-22-20(26)12-11-18-15-23-25(16-18)19-9-5-3-6-10-19/h3,5-6,9-12,15-16H,4,7-8,13-14,17H2,1-2H3,(H,22,26)/b12-11+. The number of likely N-dealkylation sites (tertiary alicyclic amines) is 1. The van der Waals surface area contributed by atoms with E-state index in [-0.39, 0.29) is 11.4 Å². The van der Waals surface area contributed by atoms with E-state index in [1.54, 1.807) is 23.0 Å². The maximum absolute atomic E-state index is 12.2. The van der Waals surface area contributed by atoms with E-state index in [1.807, 2.05) is 36.5 Å². The molecule has 0 atom stereocenters. The number of benzene rings is 1. The largest absolute Gasteiger partial charge is 0.351 e. The van der Waals surface area contributed by atoms with Crippen molar-refractivity contribution in [3.05, 3.63) is 54.4 Å².